The number of hydrogen-bond acceptors (Lipinski definition) is 19. The molecule has 0 unspecified atom stereocenters. The Morgan fingerprint density at radius 2 is 1.19 bits per heavy atom. The number of fused-ring (bicyclic) bond motifs is 1. The van der Waals surface area contributed by atoms with Crippen molar-refractivity contribution >= 4 is 110 Å². The summed E-state index contributed by atoms with van der Waals surface area (Å²) in [5.74, 6) is -18.4. The fourth-order valence-electron chi connectivity index (χ4n) is 8.01. The third-order valence-corrected chi connectivity index (χ3v) is 14.4. The lowest BCUT2D eigenvalue weighted by Gasteiger charge is -2.30. The highest BCUT2D eigenvalue weighted by molar-refractivity contribution is 8.76. The molecule has 0 aromatic carbocycles. The molecule has 10 atom stereocenters. The predicted octanol–water partition coefficient (Wildman–Crippen LogP) is -7.57. The zero-order valence-electron chi connectivity index (χ0n) is 43.5. The third-order valence-electron chi connectivity index (χ3n) is 12.0. The van der Waals surface area contributed by atoms with Gasteiger partial charge < -0.3 is 91.3 Å². The summed E-state index contributed by atoms with van der Waals surface area (Å²) in [6.45, 7) is 3.17. The van der Waals surface area contributed by atoms with Gasteiger partial charge in [0.25, 0.3) is 0 Å². The molecule has 2 saturated heterocycles. The molecule has 3 heterocycles. The van der Waals surface area contributed by atoms with E-state index >= 15 is 0 Å². The van der Waals surface area contributed by atoms with Gasteiger partial charge in [0.1, 0.15) is 54.4 Å². The summed E-state index contributed by atoms with van der Waals surface area (Å²) >= 11 is 0. The van der Waals surface area contributed by atoms with E-state index in [1.165, 1.54) is 12.5 Å². The number of nitrogens with two attached hydrogens (primary N) is 5. The van der Waals surface area contributed by atoms with Crippen molar-refractivity contribution in [2.75, 3.05) is 18.1 Å². The van der Waals surface area contributed by atoms with Gasteiger partial charge in [-0.3, -0.25) is 67.1 Å². The van der Waals surface area contributed by atoms with E-state index in [4.69, 9.17) is 28.7 Å². The van der Waals surface area contributed by atoms with Gasteiger partial charge in [0.15, 0.2) is 0 Å². The fourth-order valence-corrected chi connectivity index (χ4v) is 10.3. The van der Waals surface area contributed by atoms with Crippen LogP contribution in [-0.2, 0) is 78.3 Å². The third kappa shape index (κ3) is 22.3. The normalized spacial score (nSPS) is 25.0. The van der Waals surface area contributed by atoms with Gasteiger partial charge in [0.05, 0.1) is 31.6 Å². The smallest absolute Gasteiger partial charge is 0.326 e. The highest BCUT2D eigenvalue weighted by Crippen LogP contribution is 2.25. The number of carbonyl (C=O) groups is 15. The second-order valence-electron chi connectivity index (χ2n) is 19.1. The summed E-state index contributed by atoms with van der Waals surface area (Å²) in [6, 6.07) is -16.8. The van der Waals surface area contributed by atoms with E-state index in [1.54, 1.807) is 13.8 Å². The minimum atomic E-state index is -1.88. The first-order valence-corrected chi connectivity index (χ1v) is 27.3. The lowest BCUT2D eigenvalue weighted by atomic mass is 10.0. The van der Waals surface area contributed by atoms with Crippen molar-refractivity contribution in [2.24, 2.45) is 34.6 Å². The molecule has 35 heteroatoms. The van der Waals surface area contributed by atoms with E-state index in [1.807, 2.05) is 0 Å². The van der Waals surface area contributed by atoms with Crippen LogP contribution in [0.1, 0.15) is 83.7 Å². The van der Waals surface area contributed by atoms with Gasteiger partial charge in [0, 0.05) is 49.2 Å². The number of aliphatic carboxylic acids is 2. The second-order valence-corrected chi connectivity index (χ2v) is 21.6. The number of H-pyrrole nitrogens is 1. The van der Waals surface area contributed by atoms with E-state index in [0.717, 1.165) is 26.5 Å². The molecule has 2 aliphatic heterocycles. The topological polar surface area (TPSA) is 555 Å². The summed E-state index contributed by atoms with van der Waals surface area (Å²) in [6.07, 6.45) is -2.93. The Balaban J connectivity index is 2.19. The van der Waals surface area contributed by atoms with E-state index in [9.17, 15) is 82.1 Å². The molecule has 2 aliphatic rings. The molecule has 0 aliphatic carbocycles. The molecule has 33 nitrogen and oxygen atoms in total. The maximum absolute atomic E-state index is 14.4. The number of nitrogens with zero attached hydrogens (tertiary/aromatic N) is 2. The number of hydrogen-bond donors (Lipinski definition) is 16. The molecule has 442 valence electrons. The van der Waals surface area contributed by atoms with Crippen LogP contribution in [0.2, 0.25) is 0 Å². The zero-order chi connectivity index (χ0) is 60.0. The Hall–Kier alpha value is -8.08. The molecule has 0 radical (unpaired) electrons. The Labute approximate surface area is 464 Å². The minimum absolute atomic E-state index is 0.0609. The van der Waals surface area contributed by atoms with Gasteiger partial charge in [-0.1, -0.05) is 35.4 Å². The van der Waals surface area contributed by atoms with Crippen molar-refractivity contribution in [3.8, 4) is 0 Å². The summed E-state index contributed by atoms with van der Waals surface area (Å²) in [5, 5.41) is 38.1. The molecule has 1 aromatic heterocycles. The Morgan fingerprint density at radius 3 is 1.74 bits per heavy atom. The van der Waals surface area contributed by atoms with Gasteiger partial charge in [-0.2, -0.15) is 0 Å². The lowest BCUT2D eigenvalue weighted by Crippen LogP contribution is -2.61. The molecule has 80 heavy (non-hydrogen) atoms. The van der Waals surface area contributed by atoms with Crippen molar-refractivity contribution in [3.05, 3.63) is 18.2 Å². The highest BCUT2D eigenvalue weighted by Gasteiger charge is 2.41. The van der Waals surface area contributed by atoms with Crippen molar-refractivity contribution < 1.29 is 82.1 Å². The second kappa shape index (κ2) is 32.1. The molecular weight excluding hydrogens is 1100 g/mol. The minimum Gasteiger partial charge on any atom is -0.481 e. The van der Waals surface area contributed by atoms with Crippen LogP contribution in [0.3, 0.4) is 0 Å². The first-order chi connectivity index (χ1) is 37.6. The van der Waals surface area contributed by atoms with Crippen LogP contribution >= 0.6 is 21.6 Å². The average Bonchev–Trinajstić information content (AvgIpc) is 4.08. The Bertz CT molecular complexity index is 2490. The van der Waals surface area contributed by atoms with Gasteiger partial charge in [-0.15, -0.1) is 0 Å². The van der Waals surface area contributed by atoms with Crippen LogP contribution in [0.25, 0.3) is 0 Å². The number of nitrogens with one attached hydrogen (secondary N) is 9. The Kier molecular flexibility index (Phi) is 26.6. The van der Waals surface area contributed by atoms with Crippen LogP contribution in [0.4, 0.5) is 0 Å². The van der Waals surface area contributed by atoms with Crippen LogP contribution < -0.4 is 71.2 Å². The van der Waals surface area contributed by atoms with Gasteiger partial charge in [0.2, 0.25) is 76.8 Å². The average molecular weight is 1170 g/mol. The van der Waals surface area contributed by atoms with Crippen molar-refractivity contribution in [1.82, 2.24) is 57.4 Å². The predicted molar refractivity (Wildman–Crippen MR) is 279 cm³/mol. The molecule has 2 fully saturated rings. The number of imidazole rings is 1. The molecule has 13 amide bonds. The number of carboxylic acid groups (broad SMARTS) is 2. The SMILES string of the molecule is CC(C)C[C@H]1NC(=O)[C@H](CCC(=O)O)NC(=O)[C@@H](CC(N)=O)NC(=O)[C@H](N)CSSC[C@H](C(=O)N[C@@H](CC(N)=O)C(=O)O)NC(=O)[C@H]2CCCN2C(=O)[C@H](CC(N)=O)NC(=O)[C@@H](CCC(N)=O)NC(=O)[C@H](Cc2cnc[nH]2)NC1=O. The maximum atomic E-state index is 14.4. The largest absolute Gasteiger partial charge is 0.481 e. The van der Waals surface area contributed by atoms with Crippen molar-refractivity contribution in [2.45, 2.75) is 145 Å². The lowest BCUT2D eigenvalue weighted by molar-refractivity contribution is -0.144. The molecule has 3 rings (SSSR count). The van der Waals surface area contributed by atoms with E-state index in [-0.39, 0.29) is 49.6 Å². The zero-order valence-corrected chi connectivity index (χ0v) is 45.2. The number of rotatable bonds is 19. The quantitative estimate of drug-likeness (QED) is 0.0572. The number of primary amides is 4. The van der Waals surface area contributed by atoms with Gasteiger partial charge in [-0.05, 0) is 38.0 Å². The van der Waals surface area contributed by atoms with Crippen molar-refractivity contribution in [3.63, 3.8) is 0 Å². The van der Waals surface area contributed by atoms with Gasteiger partial charge >= 0.3 is 11.9 Å². The summed E-state index contributed by atoms with van der Waals surface area (Å²) < 4.78 is 0. The summed E-state index contributed by atoms with van der Waals surface area (Å²) in [5.41, 5.74) is 27.9. The highest BCUT2D eigenvalue weighted by atomic mass is 33.1. The van der Waals surface area contributed by atoms with E-state index in [0.29, 0.717) is 0 Å². The molecule has 1 aromatic rings. The van der Waals surface area contributed by atoms with Crippen LogP contribution in [0, 0.1) is 5.92 Å². The van der Waals surface area contributed by atoms with Crippen LogP contribution in [-0.4, -0.2) is 192 Å². The monoisotopic (exact) mass is 1170 g/mol. The summed E-state index contributed by atoms with van der Waals surface area (Å²) in [4.78, 5) is 206. The number of aromatic nitrogens is 2. The molecular formula is C45H68N16O17S2. The number of aromatic amines is 1. The molecule has 0 spiro atoms. The fraction of sp³-hybridized carbons (Fsp3) is 0.600. The number of amides is 13. The van der Waals surface area contributed by atoms with Crippen molar-refractivity contribution in [1.29, 1.82) is 0 Å². The van der Waals surface area contributed by atoms with Crippen LogP contribution in [0.15, 0.2) is 12.5 Å². The maximum Gasteiger partial charge on any atom is 0.326 e. The number of carbonyl (C=O) groups excluding carboxylic acids is 13. The van der Waals surface area contributed by atoms with E-state index in [2.05, 4.69) is 52.5 Å². The molecule has 21 N–H and O–H groups in total. The molecule has 0 bridgehead atoms. The number of carboxylic acids is 2. The summed E-state index contributed by atoms with van der Waals surface area (Å²) in [7, 11) is 1.63. The molecule has 0 saturated carbocycles. The van der Waals surface area contributed by atoms with Gasteiger partial charge in [-0.25, -0.2) is 9.78 Å². The van der Waals surface area contributed by atoms with E-state index < -0.39 is 200 Å². The Morgan fingerprint density at radius 1 is 0.662 bits per heavy atom. The standard InChI is InChI=1S/C45H68N16O17S2/c1-19(2)10-24-39(71)57-25(11-20-15-51-18-52-20)40(72)53-22(5-7-31(47)62)38(70)58-27(13-33(49)64)44(76)61-9-3-4-30(61)43(75)60-29(42(74)59-28(45(77)78)14-34(50)65)17-80-79-16-21(46)36(68)55-26(12-32(48)63)41(73)54-23(37(69)56-24)6-8-35(66)67/h15,18-19,21-30H,3-14,16-17,46H2,1-2H3,(H2,47,62)(H2,48,63)(H2,49,64)(H2,50,65)(H,51,52)(H,53,72)(H,54,73)(H,55,68)(H,56,69)(H,57,71)(H,58,70)(H,59,74)(H,60,75)(H,66,67)(H,77,78)/t21-,22-,23+,24-,25+,26-,27+,28+,29-,30-/m1/s1. The first kappa shape index (κ1) is 66.2. The first-order valence-electron chi connectivity index (χ1n) is 24.8. The van der Waals surface area contributed by atoms with Crippen LogP contribution in [0.5, 0.6) is 0 Å².